The number of allylic oxidation sites excluding steroid dienone is 1. The average Bonchev–Trinajstić information content (AvgIpc) is 2.54. The molecule has 132 valence electrons. The molecule has 2 saturated carbocycles. The van der Waals surface area contributed by atoms with Gasteiger partial charge in [0.2, 0.25) is 0 Å². The van der Waals surface area contributed by atoms with Crippen LogP contribution in [0.1, 0.15) is 65.7 Å². The van der Waals surface area contributed by atoms with Gasteiger partial charge in [0.15, 0.2) is 0 Å². The number of ether oxygens (including phenoxy) is 2. The highest BCUT2D eigenvalue weighted by atomic mass is 16.5. The predicted molar refractivity (Wildman–Crippen MR) is 93.4 cm³/mol. The first kappa shape index (κ1) is 18.7. The Bertz CT molecular complexity index is 405. The third-order valence-electron chi connectivity index (χ3n) is 5.58. The molecule has 2 aliphatic carbocycles. The van der Waals surface area contributed by atoms with Crippen LogP contribution >= 0.6 is 0 Å². The van der Waals surface area contributed by atoms with Crippen molar-refractivity contribution in [2.24, 2.45) is 17.8 Å². The lowest BCUT2D eigenvalue weighted by molar-refractivity contribution is -0.142. The number of Topliss-reactive ketones (excluding diaryl/α,β-unsaturated/α-hetero) is 1. The summed E-state index contributed by atoms with van der Waals surface area (Å²) < 4.78 is 11.8. The zero-order valence-electron chi connectivity index (χ0n) is 15.3. The number of carbonyl (C=O) groups is 1. The number of carbonyl (C=O) groups excluding carboxylic acids is 1. The second kappa shape index (κ2) is 8.98. The fourth-order valence-electron chi connectivity index (χ4n) is 4.31. The minimum Gasteiger partial charge on any atom is -0.380 e. The number of hydrogen-bond acceptors (Lipinski definition) is 3. The van der Waals surface area contributed by atoms with Crippen molar-refractivity contribution in [3.8, 4) is 0 Å². The molecule has 0 N–H and O–H groups in total. The van der Waals surface area contributed by atoms with Crippen LogP contribution in [0.25, 0.3) is 0 Å². The minimum absolute atomic E-state index is 0.0172. The van der Waals surface area contributed by atoms with E-state index in [-0.39, 0.29) is 24.0 Å². The summed E-state index contributed by atoms with van der Waals surface area (Å²) in [5.41, 5.74) is 1.28. The number of rotatable bonds is 6. The molecule has 3 heteroatoms. The summed E-state index contributed by atoms with van der Waals surface area (Å²) in [6.45, 7) is 7.03. The van der Waals surface area contributed by atoms with E-state index in [0.717, 1.165) is 25.7 Å². The van der Waals surface area contributed by atoms with Crippen LogP contribution in [0.3, 0.4) is 0 Å². The topological polar surface area (TPSA) is 35.5 Å². The Hall–Kier alpha value is -0.670. The summed E-state index contributed by atoms with van der Waals surface area (Å²) in [4.78, 5) is 13.0. The van der Waals surface area contributed by atoms with E-state index in [2.05, 4.69) is 26.8 Å². The van der Waals surface area contributed by atoms with Crippen molar-refractivity contribution >= 4 is 5.78 Å². The minimum atomic E-state index is 0.0172. The molecule has 3 nitrogen and oxygen atoms in total. The Kier molecular flexibility index (Phi) is 7.29. The van der Waals surface area contributed by atoms with E-state index in [4.69, 9.17) is 9.47 Å². The molecular weight excluding hydrogens is 288 g/mol. The van der Waals surface area contributed by atoms with E-state index in [9.17, 15) is 4.79 Å². The van der Waals surface area contributed by atoms with Gasteiger partial charge in [-0.05, 0) is 45.4 Å². The first-order valence-corrected chi connectivity index (χ1v) is 9.34. The fraction of sp³-hybridized carbons (Fsp3) is 0.850. The maximum Gasteiger partial charge on any atom is 0.141 e. The molecule has 0 saturated heterocycles. The van der Waals surface area contributed by atoms with Gasteiger partial charge >= 0.3 is 0 Å². The maximum atomic E-state index is 13.0. The maximum absolute atomic E-state index is 13.0. The molecule has 0 spiro atoms. The van der Waals surface area contributed by atoms with E-state index in [1.807, 2.05) is 0 Å². The first-order chi connectivity index (χ1) is 11.0. The quantitative estimate of drug-likeness (QED) is 0.673. The van der Waals surface area contributed by atoms with Crippen molar-refractivity contribution in [1.29, 1.82) is 0 Å². The zero-order valence-corrected chi connectivity index (χ0v) is 15.3. The SMILES string of the molecule is COC1C(C)CC(OCC=C(C)C)CC1C(=O)C1CCCCC1. The van der Waals surface area contributed by atoms with Gasteiger partial charge in [0.1, 0.15) is 5.78 Å². The predicted octanol–water partition coefficient (Wildman–Crippen LogP) is 4.55. The average molecular weight is 322 g/mol. The van der Waals surface area contributed by atoms with Gasteiger partial charge in [-0.25, -0.2) is 0 Å². The molecule has 2 aliphatic rings. The summed E-state index contributed by atoms with van der Waals surface area (Å²) in [5.74, 6) is 1.10. The molecule has 0 aromatic rings. The standard InChI is InChI=1S/C20H34O3/c1-14(2)10-11-23-17-12-15(3)20(22-4)18(13-17)19(21)16-8-6-5-7-9-16/h10,15-18,20H,5-9,11-13H2,1-4H3. The van der Waals surface area contributed by atoms with Crippen molar-refractivity contribution in [3.63, 3.8) is 0 Å². The zero-order chi connectivity index (χ0) is 16.8. The van der Waals surface area contributed by atoms with Crippen LogP contribution in [0, 0.1) is 17.8 Å². The molecular formula is C20H34O3. The van der Waals surface area contributed by atoms with Gasteiger partial charge in [0.25, 0.3) is 0 Å². The van der Waals surface area contributed by atoms with Crippen LogP contribution in [-0.2, 0) is 14.3 Å². The fourth-order valence-corrected chi connectivity index (χ4v) is 4.31. The molecule has 0 amide bonds. The smallest absolute Gasteiger partial charge is 0.141 e. The third-order valence-corrected chi connectivity index (χ3v) is 5.58. The molecule has 0 bridgehead atoms. The highest BCUT2D eigenvalue weighted by Crippen LogP contribution is 2.37. The summed E-state index contributed by atoms with van der Waals surface area (Å²) in [6.07, 6.45) is 10.0. The molecule has 2 rings (SSSR count). The van der Waals surface area contributed by atoms with E-state index in [1.54, 1.807) is 7.11 Å². The van der Waals surface area contributed by atoms with Gasteiger partial charge in [-0.2, -0.15) is 0 Å². The lowest BCUT2D eigenvalue weighted by Crippen LogP contribution is -2.46. The van der Waals surface area contributed by atoms with Gasteiger partial charge in [0.05, 0.1) is 18.8 Å². The summed E-state index contributed by atoms with van der Waals surface area (Å²) in [6, 6.07) is 0. The second-order valence-corrected chi connectivity index (χ2v) is 7.73. The highest BCUT2D eigenvalue weighted by molar-refractivity contribution is 5.84. The van der Waals surface area contributed by atoms with Crippen LogP contribution in [0.4, 0.5) is 0 Å². The summed E-state index contributed by atoms with van der Waals surface area (Å²) >= 11 is 0. The van der Waals surface area contributed by atoms with Gasteiger partial charge in [0, 0.05) is 18.9 Å². The third kappa shape index (κ3) is 5.15. The largest absolute Gasteiger partial charge is 0.380 e. The van der Waals surface area contributed by atoms with Crippen LogP contribution < -0.4 is 0 Å². The number of hydrogen-bond donors (Lipinski definition) is 0. The second-order valence-electron chi connectivity index (χ2n) is 7.73. The lowest BCUT2D eigenvalue weighted by atomic mass is 9.71. The Morgan fingerprint density at radius 3 is 2.43 bits per heavy atom. The Morgan fingerprint density at radius 1 is 1.13 bits per heavy atom. The van der Waals surface area contributed by atoms with Crippen molar-refractivity contribution < 1.29 is 14.3 Å². The molecule has 4 unspecified atom stereocenters. The molecule has 0 heterocycles. The van der Waals surface area contributed by atoms with Crippen molar-refractivity contribution in [2.75, 3.05) is 13.7 Å². The van der Waals surface area contributed by atoms with Crippen LogP contribution in [-0.4, -0.2) is 31.7 Å². The van der Waals surface area contributed by atoms with E-state index in [1.165, 1.54) is 24.8 Å². The summed E-state index contributed by atoms with van der Waals surface area (Å²) in [5, 5.41) is 0. The van der Waals surface area contributed by atoms with Crippen LogP contribution in [0.15, 0.2) is 11.6 Å². The van der Waals surface area contributed by atoms with Crippen LogP contribution in [0.2, 0.25) is 0 Å². The molecule has 0 radical (unpaired) electrons. The van der Waals surface area contributed by atoms with Gasteiger partial charge in [-0.3, -0.25) is 4.79 Å². The van der Waals surface area contributed by atoms with E-state index < -0.39 is 0 Å². The summed E-state index contributed by atoms with van der Waals surface area (Å²) in [7, 11) is 1.76. The molecule has 23 heavy (non-hydrogen) atoms. The van der Waals surface area contributed by atoms with E-state index >= 15 is 0 Å². The highest BCUT2D eigenvalue weighted by Gasteiger charge is 2.42. The van der Waals surface area contributed by atoms with E-state index in [0.29, 0.717) is 18.3 Å². The first-order valence-electron chi connectivity index (χ1n) is 9.34. The van der Waals surface area contributed by atoms with Crippen molar-refractivity contribution in [1.82, 2.24) is 0 Å². The van der Waals surface area contributed by atoms with Crippen LogP contribution in [0.5, 0.6) is 0 Å². The monoisotopic (exact) mass is 322 g/mol. The molecule has 0 aromatic heterocycles. The van der Waals surface area contributed by atoms with Crippen molar-refractivity contribution in [3.05, 3.63) is 11.6 Å². The Balaban J connectivity index is 2.00. The Labute approximate surface area is 141 Å². The Morgan fingerprint density at radius 2 is 1.83 bits per heavy atom. The normalized spacial score (nSPS) is 32.5. The van der Waals surface area contributed by atoms with Gasteiger partial charge in [-0.1, -0.05) is 37.8 Å². The molecule has 4 atom stereocenters. The van der Waals surface area contributed by atoms with Gasteiger partial charge < -0.3 is 9.47 Å². The number of ketones is 1. The lowest BCUT2D eigenvalue weighted by Gasteiger charge is -2.40. The van der Waals surface area contributed by atoms with Gasteiger partial charge in [-0.15, -0.1) is 0 Å². The number of methoxy groups -OCH3 is 1. The molecule has 0 aromatic carbocycles. The molecule has 2 fully saturated rings. The molecule has 0 aliphatic heterocycles. The van der Waals surface area contributed by atoms with Crippen molar-refractivity contribution in [2.45, 2.75) is 77.9 Å².